The van der Waals surface area contributed by atoms with E-state index in [1.165, 1.54) is 19.3 Å². The number of nitrogens with one attached hydrogen (secondary N) is 1. The van der Waals surface area contributed by atoms with Crippen molar-refractivity contribution < 1.29 is 24.6 Å². The first-order valence-corrected chi connectivity index (χ1v) is 9.04. The van der Waals surface area contributed by atoms with E-state index in [4.69, 9.17) is 10.2 Å². The maximum Gasteiger partial charge on any atom is 0.326 e. The fourth-order valence-electron chi connectivity index (χ4n) is 3.34. The third kappa shape index (κ3) is 7.79. The van der Waals surface area contributed by atoms with Crippen LogP contribution < -0.4 is 5.32 Å². The van der Waals surface area contributed by atoms with Crippen LogP contribution in [0.15, 0.2) is 0 Å². The zero-order valence-electron chi connectivity index (χ0n) is 14.8. The highest BCUT2D eigenvalue weighted by Gasteiger charge is 2.29. The Balaban J connectivity index is 2.35. The van der Waals surface area contributed by atoms with Gasteiger partial charge < -0.3 is 15.5 Å². The Hall–Kier alpha value is -1.59. The molecule has 6 heteroatoms. The van der Waals surface area contributed by atoms with Gasteiger partial charge in [-0.15, -0.1) is 0 Å². The smallest absolute Gasteiger partial charge is 0.326 e. The normalized spacial score (nSPS) is 22.1. The quantitative estimate of drug-likeness (QED) is 0.566. The number of carboxylic acid groups (broad SMARTS) is 2. The van der Waals surface area contributed by atoms with Crippen molar-refractivity contribution in [3.63, 3.8) is 0 Å². The topological polar surface area (TPSA) is 104 Å². The monoisotopic (exact) mass is 341 g/mol. The molecule has 1 fully saturated rings. The van der Waals surface area contributed by atoms with Gasteiger partial charge >= 0.3 is 11.9 Å². The standard InChI is InChI=1S/C18H31NO5/c1-12(2)4-3-5-13-6-8-14(9-7-13)17(22)19-15(18(23)24)10-11-16(20)21/h12-15H,3-11H2,1-2H3,(H,19,22)(H,20,21)(H,23,24)/t13-,14+,15-/m0/s1. The van der Waals surface area contributed by atoms with E-state index in [9.17, 15) is 14.4 Å². The Morgan fingerprint density at radius 2 is 1.67 bits per heavy atom. The Kier molecular flexibility index (Phi) is 8.79. The third-order valence-electron chi connectivity index (χ3n) is 4.87. The lowest BCUT2D eigenvalue weighted by Gasteiger charge is -2.28. The Labute approximate surface area is 144 Å². The molecule has 1 atom stereocenters. The second-order valence-electron chi connectivity index (χ2n) is 7.37. The van der Waals surface area contributed by atoms with Crippen molar-refractivity contribution in [1.82, 2.24) is 5.32 Å². The van der Waals surface area contributed by atoms with E-state index in [1.807, 2.05) is 0 Å². The molecule has 1 aliphatic rings. The molecule has 1 saturated carbocycles. The Morgan fingerprint density at radius 3 is 2.17 bits per heavy atom. The fraction of sp³-hybridized carbons (Fsp3) is 0.833. The molecule has 138 valence electrons. The molecule has 0 saturated heterocycles. The van der Waals surface area contributed by atoms with E-state index >= 15 is 0 Å². The molecule has 0 aromatic heterocycles. The van der Waals surface area contributed by atoms with Gasteiger partial charge in [0.15, 0.2) is 0 Å². The van der Waals surface area contributed by atoms with Gasteiger partial charge in [0.05, 0.1) is 0 Å². The first-order valence-electron chi connectivity index (χ1n) is 9.04. The van der Waals surface area contributed by atoms with Crippen LogP contribution in [0, 0.1) is 17.8 Å². The third-order valence-corrected chi connectivity index (χ3v) is 4.87. The van der Waals surface area contributed by atoms with Gasteiger partial charge in [0.1, 0.15) is 6.04 Å². The van der Waals surface area contributed by atoms with E-state index in [0.717, 1.165) is 31.6 Å². The van der Waals surface area contributed by atoms with Crippen LogP contribution in [-0.4, -0.2) is 34.1 Å². The summed E-state index contributed by atoms with van der Waals surface area (Å²) in [5.41, 5.74) is 0. The number of hydrogen-bond acceptors (Lipinski definition) is 3. The highest BCUT2D eigenvalue weighted by atomic mass is 16.4. The van der Waals surface area contributed by atoms with Crippen LogP contribution in [0.2, 0.25) is 0 Å². The van der Waals surface area contributed by atoms with Gasteiger partial charge in [0.25, 0.3) is 0 Å². The number of aliphatic carboxylic acids is 2. The average molecular weight is 341 g/mol. The van der Waals surface area contributed by atoms with Gasteiger partial charge in [-0.2, -0.15) is 0 Å². The molecule has 0 heterocycles. The van der Waals surface area contributed by atoms with Crippen molar-refractivity contribution in [2.75, 3.05) is 0 Å². The van der Waals surface area contributed by atoms with Crippen LogP contribution >= 0.6 is 0 Å². The van der Waals surface area contributed by atoms with Gasteiger partial charge in [-0.1, -0.05) is 33.1 Å². The second kappa shape index (κ2) is 10.3. The van der Waals surface area contributed by atoms with E-state index in [0.29, 0.717) is 5.92 Å². The summed E-state index contributed by atoms with van der Waals surface area (Å²) in [5, 5.41) is 20.3. The predicted octanol–water partition coefficient (Wildman–Crippen LogP) is 3.05. The molecule has 0 unspecified atom stereocenters. The zero-order valence-corrected chi connectivity index (χ0v) is 14.8. The molecule has 0 aromatic rings. The molecule has 0 aromatic carbocycles. The Morgan fingerprint density at radius 1 is 1.04 bits per heavy atom. The SMILES string of the molecule is CC(C)CCC[C@H]1CC[C@@H](C(=O)N[C@@H](CCC(=O)O)C(=O)O)CC1. The lowest BCUT2D eigenvalue weighted by atomic mass is 9.79. The van der Waals surface area contributed by atoms with E-state index in [2.05, 4.69) is 19.2 Å². The zero-order chi connectivity index (χ0) is 18.1. The molecule has 1 amide bonds. The maximum absolute atomic E-state index is 12.2. The average Bonchev–Trinajstić information content (AvgIpc) is 2.51. The van der Waals surface area contributed by atoms with Crippen LogP contribution in [0.3, 0.4) is 0 Å². The molecule has 1 rings (SSSR count). The first-order chi connectivity index (χ1) is 11.3. The van der Waals surface area contributed by atoms with E-state index < -0.39 is 18.0 Å². The molecular formula is C18H31NO5. The number of carboxylic acids is 2. The minimum atomic E-state index is -1.17. The molecule has 0 spiro atoms. The summed E-state index contributed by atoms with van der Waals surface area (Å²) in [7, 11) is 0. The van der Waals surface area contributed by atoms with E-state index in [-0.39, 0.29) is 24.7 Å². The molecule has 1 aliphatic carbocycles. The summed E-state index contributed by atoms with van der Waals surface area (Å²) >= 11 is 0. The minimum Gasteiger partial charge on any atom is -0.481 e. The van der Waals surface area contributed by atoms with Crippen LogP contribution in [0.25, 0.3) is 0 Å². The molecule has 6 nitrogen and oxygen atoms in total. The summed E-state index contributed by atoms with van der Waals surface area (Å²) in [6.07, 6.45) is 6.96. The molecular weight excluding hydrogens is 310 g/mol. The summed E-state index contributed by atoms with van der Waals surface area (Å²) in [5.74, 6) is -1.21. The van der Waals surface area contributed by atoms with Crippen LogP contribution in [0.5, 0.6) is 0 Å². The summed E-state index contributed by atoms with van der Waals surface area (Å²) in [4.78, 5) is 34.0. The maximum atomic E-state index is 12.2. The fourth-order valence-corrected chi connectivity index (χ4v) is 3.34. The van der Waals surface area contributed by atoms with Gasteiger partial charge in [-0.3, -0.25) is 9.59 Å². The summed E-state index contributed by atoms with van der Waals surface area (Å²) in [6, 6.07) is -1.11. The first kappa shape index (κ1) is 20.5. The largest absolute Gasteiger partial charge is 0.481 e. The van der Waals surface area contributed by atoms with Crippen molar-refractivity contribution in [2.45, 2.75) is 77.7 Å². The number of hydrogen-bond donors (Lipinski definition) is 3. The molecule has 24 heavy (non-hydrogen) atoms. The highest BCUT2D eigenvalue weighted by molar-refractivity contribution is 5.85. The van der Waals surface area contributed by atoms with Gasteiger partial charge in [0.2, 0.25) is 5.91 Å². The van der Waals surface area contributed by atoms with Crippen LogP contribution in [0.1, 0.15) is 71.6 Å². The lowest BCUT2D eigenvalue weighted by Crippen LogP contribution is -2.44. The second-order valence-corrected chi connectivity index (χ2v) is 7.37. The van der Waals surface area contributed by atoms with Crippen LogP contribution in [0.4, 0.5) is 0 Å². The van der Waals surface area contributed by atoms with Crippen LogP contribution in [-0.2, 0) is 14.4 Å². The van der Waals surface area contributed by atoms with Gasteiger partial charge in [-0.25, -0.2) is 4.79 Å². The van der Waals surface area contributed by atoms with E-state index in [1.54, 1.807) is 0 Å². The highest BCUT2D eigenvalue weighted by Crippen LogP contribution is 2.32. The lowest BCUT2D eigenvalue weighted by molar-refractivity contribution is -0.144. The van der Waals surface area contributed by atoms with Crippen molar-refractivity contribution in [3.8, 4) is 0 Å². The predicted molar refractivity (Wildman–Crippen MR) is 90.6 cm³/mol. The van der Waals surface area contributed by atoms with Gasteiger partial charge in [-0.05, 0) is 43.9 Å². The van der Waals surface area contributed by atoms with Crippen molar-refractivity contribution in [2.24, 2.45) is 17.8 Å². The van der Waals surface area contributed by atoms with Crippen molar-refractivity contribution >= 4 is 17.8 Å². The number of carbonyl (C=O) groups excluding carboxylic acids is 1. The van der Waals surface area contributed by atoms with Crippen molar-refractivity contribution in [3.05, 3.63) is 0 Å². The number of carbonyl (C=O) groups is 3. The molecule has 0 radical (unpaired) electrons. The molecule has 3 N–H and O–H groups in total. The number of amides is 1. The van der Waals surface area contributed by atoms with Crippen molar-refractivity contribution in [1.29, 1.82) is 0 Å². The van der Waals surface area contributed by atoms with Gasteiger partial charge in [0, 0.05) is 12.3 Å². The summed E-state index contributed by atoms with van der Waals surface area (Å²) in [6.45, 7) is 4.45. The number of rotatable bonds is 10. The molecule has 0 aliphatic heterocycles. The molecule has 0 bridgehead atoms. The summed E-state index contributed by atoms with van der Waals surface area (Å²) < 4.78 is 0. The Bertz CT molecular complexity index is 427. The minimum absolute atomic E-state index is 0.0824.